The standard InChI is InChI=1S/C24H23ClN4O4S/c25-21-10-9-18(34(32,33)29-12-3-4-13-29)14-20(21)24(31)28-22-8-2-1-7-19(22)23(30)27-16-17-6-5-11-26-15-17/h1-2,5-11,14-15H,3-4,12-13,16H2,(H,27,30)(H,28,31). The van der Waals surface area contributed by atoms with E-state index in [0.29, 0.717) is 13.1 Å². The zero-order valence-electron chi connectivity index (χ0n) is 18.2. The predicted octanol–water partition coefficient (Wildman–Crippen LogP) is 3.70. The van der Waals surface area contributed by atoms with Crippen molar-refractivity contribution in [2.45, 2.75) is 24.3 Å². The number of amides is 2. The molecule has 0 saturated carbocycles. The number of hydrogen-bond donors (Lipinski definition) is 2. The van der Waals surface area contributed by atoms with E-state index in [2.05, 4.69) is 15.6 Å². The van der Waals surface area contributed by atoms with E-state index in [1.807, 2.05) is 6.07 Å². The summed E-state index contributed by atoms with van der Waals surface area (Å²) in [5, 5.41) is 5.60. The molecule has 0 atom stereocenters. The van der Waals surface area contributed by atoms with Crippen molar-refractivity contribution in [3.63, 3.8) is 0 Å². The fraction of sp³-hybridized carbons (Fsp3) is 0.208. The Labute approximate surface area is 203 Å². The summed E-state index contributed by atoms with van der Waals surface area (Å²) in [7, 11) is -3.71. The summed E-state index contributed by atoms with van der Waals surface area (Å²) in [6, 6.07) is 14.2. The van der Waals surface area contributed by atoms with Gasteiger partial charge in [0.1, 0.15) is 0 Å². The van der Waals surface area contributed by atoms with Crippen LogP contribution >= 0.6 is 11.6 Å². The second-order valence-electron chi connectivity index (χ2n) is 7.80. The Hall–Kier alpha value is -3.27. The van der Waals surface area contributed by atoms with Crippen LogP contribution in [0.5, 0.6) is 0 Å². The number of rotatable bonds is 7. The number of para-hydroxylation sites is 1. The summed E-state index contributed by atoms with van der Waals surface area (Å²) >= 11 is 6.23. The van der Waals surface area contributed by atoms with Crippen LogP contribution in [0.1, 0.15) is 39.1 Å². The van der Waals surface area contributed by atoms with Gasteiger partial charge in [-0.05, 0) is 54.8 Å². The molecular weight excluding hydrogens is 476 g/mol. The number of pyridine rings is 1. The molecule has 176 valence electrons. The lowest BCUT2D eigenvalue weighted by molar-refractivity contribution is 0.0951. The number of carbonyl (C=O) groups excluding carboxylic acids is 2. The minimum absolute atomic E-state index is 0.00597. The van der Waals surface area contributed by atoms with Crippen LogP contribution in [0.4, 0.5) is 5.69 Å². The monoisotopic (exact) mass is 498 g/mol. The van der Waals surface area contributed by atoms with Crippen molar-refractivity contribution in [3.05, 3.63) is 88.7 Å². The van der Waals surface area contributed by atoms with Crippen molar-refractivity contribution in [1.82, 2.24) is 14.6 Å². The minimum Gasteiger partial charge on any atom is -0.348 e. The van der Waals surface area contributed by atoms with Crippen LogP contribution in [-0.2, 0) is 16.6 Å². The first-order valence-electron chi connectivity index (χ1n) is 10.7. The highest BCUT2D eigenvalue weighted by Crippen LogP contribution is 2.26. The minimum atomic E-state index is -3.71. The van der Waals surface area contributed by atoms with Crippen molar-refractivity contribution < 1.29 is 18.0 Å². The fourth-order valence-corrected chi connectivity index (χ4v) is 5.42. The highest BCUT2D eigenvalue weighted by molar-refractivity contribution is 7.89. The maximum atomic E-state index is 13.0. The molecule has 0 spiro atoms. The first kappa shape index (κ1) is 23.9. The maximum Gasteiger partial charge on any atom is 0.257 e. The quantitative estimate of drug-likeness (QED) is 0.516. The molecule has 3 aromatic rings. The van der Waals surface area contributed by atoms with Crippen LogP contribution in [0.2, 0.25) is 5.02 Å². The van der Waals surface area contributed by atoms with Crippen LogP contribution in [0.3, 0.4) is 0 Å². The molecular formula is C24H23ClN4O4S. The van der Waals surface area contributed by atoms with E-state index in [1.54, 1.807) is 42.7 Å². The number of carbonyl (C=O) groups is 2. The number of anilines is 1. The molecule has 1 fully saturated rings. The van der Waals surface area contributed by atoms with E-state index in [0.717, 1.165) is 18.4 Å². The zero-order valence-corrected chi connectivity index (χ0v) is 19.8. The van der Waals surface area contributed by atoms with E-state index >= 15 is 0 Å². The zero-order chi connectivity index (χ0) is 24.1. The molecule has 1 saturated heterocycles. The Morgan fingerprint density at radius 3 is 2.47 bits per heavy atom. The van der Waals surface area contributed by atoms with E-state index in [4.69, 9.17) is 11.6 Å². The van der Waals surface area contributed by atoms with Gasteiger partial charge < -0.3 is 10.6 Å². The third-order valence-electron chi connectivity index (χ3n) is 5.48. The Morgan fingerprint density at radius 1 is 0.971 bits per heavy atom. The number of sulfonamides is 1. The van der Waals surface area contributed by atoms with Crippen LogP contribution in [-0.4, -0.2) is 42.6 Å². The van der Waals surface area contributed by atoms with Gasteiger partial charge in [0, 0.05) is 32.0 Å². The van der Waals surface area contributed by atoms with Crippen LogP contribution in [0.25, 0.3) is 0 Å². The number of halogens is 1. The van der Waals surface area contributed by atoms with Crippen molar-refractivity contribution in [3.8, 4) is 0 Å². The summed E-state index contributed by atoms with van der Waals surface area (Å²) in [5.41, 5.74) is 1.38. The molecule has 4 rings (SSSR count). The molecule has 0 bridgehead atoms. The highest BCUT2D eigenvalue weighted by atomic mass is 35.5. The number of aromatic nitrogens is 1. The molecule has 2 N–H and O–H groups in total. The van der Waals surface area contributed by atoms with Crippen LogP contribution < -0.4 is 10.6 Å². The molecule has 2 amide bonds. The lowest BCUT2D eigenvalue weighted by Crippen LogP contribution is -2.28. The second kappa shape index (κ2) is 10.3. The molecule has 0 unspecified atom stereocenters. The van der Waals surface area contributed by atoms with Gasteiger partial charge >= 0.3 is 0 Å². The Kier molecular flexibility index (Phi) is 7.26. The summed E-state index contributed by atoms with van der Waals surface area (Å²) in [6.07, 6.45) is 4.91. The molecule has 10 heteroatoms. The van der Waals surface area contributed by atoms with Crippen molar-refractivity contribution >= 4 is 39.1 Å². The Morgan fingerprint density at radius 2 is 1.74 bits per heavy atom. The first-order valence-corrected chi connectivity index (χ1v) is 12.6. The van der Waals surface area contributed by atoms with Crippen molar-refractivity contribution in [2.75, 3.05) is 18.4 Å². The van der Waals surface area contributed by atoms with Crippen LogP contribution in [0.15, 0.2) is 71.9 Å². The van der Waals surface area contributed by atoms with Gasteiger partial charge in [0.15, 0.2) is 0 Å². The number of nitrogens with one attached hydrogen (secondary N) is 2. The molecule has 1 aliphatic heterocycles. The van der Waals surface area contributed by atoms with Gasteiger partial charge in [0.2, 0.25) is 10.0 Å². The third-order valence-corrected chi connectivity index (χ3v) is 7.71. The predicted molar refractivity (Wildman–Crippen MR) is 129 cm³/mol. The van der Waals surface area contributed by atoms with Crippen molar-refractivity contribution in [1.29, 1.82) is 0 Å². The molecule has 2 aromatic carbocycles. The number of nitrogens with zero attached hydrogens (tertiary/aromatic N) is 2. The topological polar surface area (TPSA) is 108 Å². The van der Waals surface area contributed by atoms with Gasteiger partial charge in [0.25, 0.3) is 11.8 Å². The van der Waals surface area contributed by atoms with Gasteiger partial charge in [-0.25, -0.2) is 8.42 Å². The molecule has 0 radical (unpaired) electrons. The van der Waals surface area contributed by atoms with Crippen molar-refractivity contribution in [2.24, 2.45) is 0 Å². The Balaban J connectivity index is 1.54. The maximum absolute atomic E-state index is 13.0. The molecule has 8 nitrogen and oxygen atoms in total. The van der Waals surface area contributed by atoms with E-state index in [-0.39, 0.29) is 39.2 Å². The number of benzene rings is 2. The average Bonchev–Trinajstić information content (AvgIpc) is 3.40. The van der Waals surface area contributed by atoms with Gasteiger partial charge in [-0.3, -0.25) is 14.6 Å². The molecule has 34 heavy (non-hydrogen) atoms. The number of hydrogen-bond acceptors (Lipinski definition) is 5. The van der Waals surface area contributed by atoms with Gasteiger partial charge in [-0.2, -0.15) is 4.31 Å². The smallest absolute Gasteiger partial charge is 0.257 e. The van der Waals surface area contributed by atoms with Gasteiger partial charge in [-0.15, -0.1) is 0 Å². The summed E-state index contributed by atoms with van der Waals surface area (Å²) < 4.78 is 27.2. The second-order valence-corrected chi connectivity index (χ2v) is 10.1. The van der Waals surface area contributed by atoms with Gasteiger partial charge in [-0.1, -0.05) is 29.8 Å². The summed E-state index contributed by atoms with van der Waals surface area (Å²) in [6.45, 7) is 1.18. The lowest BCUT2D eigenvalue weighted by atomic mass is 10.1. The molecule has 1 aliphatic rings. The highest BCUT2D eigenvalue weighted by Gasteiger charge is 2.28. The third kappa shape index (κ3) is 5.27. The average molecular weight is 499 g/mol. The normalized spacial score (nSPS) is 14.0. The van der Waals surface area contributed by atoms with E-state index < -0.39 is 15.9 Å². The molecule has 2 heterocycles. The van der Waals surface area contributed by atoms with E-state index in [1.165, 1.54) is 22.5 Å². The van der Waals surface area contributed by atoms with Crippen LogP contribution in [0, 0.1) is 0 Å². The summed E-state index contributed by atoms with van der Waals surface area (Å²) in [4.78, 5) is 29.8. The fourth-order valence-electron chi connectivity index (χ4n) is 3.68. The lowest BCUT2D eigenvalue weighted by Gasteiger charge is -2.17. The van der Waals surface area contributed by atoms with Gasteiger partial charge in [0.05, 0.1) is 26.7 Å². The van der Waals surface area contributed by atoms with E-state index in [9.17, 15) is 18.0 Å². The molecule has 1 aromatic heterocycles. The summed E-state index contributed by atoms with van der Waals surface area (Å²) in [5.74, 6) is -0.993. The SMILES string of the molecule is O=C(Nc1ccccc1C(=O)NCc1cccnc1)c1cc(S(=O)(=O)N2CCCC2)ccc1Cl. The molecule has 0 aliphatic carbocycles. The first-order chi connectivity index (χ1) is 16.4. The Bertz CT molecular complexity index is 1310. The largest absolute Gasteiger partial charge is 0.348 e.